The molecule has 2 aromatic carbocycles. The number of imidazole rings is 1. The summed E-state index contributed by atoms with van der Waals surface area (Å²) in [5.74, 6) is 1.36. The minimum absolute atomic E-state index is 0.0904. The zero-order valence-electron chi connectivity index (χ0n) is 13.9. The van der Waals surface area contributed by atoms with Crippen LogP contribution in [0, 0.1) is 0 Å². The van der Waals surface area contributed by atoms with Crippen molar-refractivity contribution >= 4 is 22.6 Å². The van der Waals surface area contributed by atoms with E-state index in [0.29, 0.717) is 19.0 Å². The van der Waals surface area contributed by atoms with E-state index in [1.807, 2.05) is 72.4 Å². The maximum Gasteiger partial charge on any atom is 0.253 e. The standard InChI is InChI=1S/C19H20N4O/c1-22(2)15-9-7-13(8-10-15)19(24)23-11-14(12-23)18-20-16-5-3-4-6-17(16)21-18/h3-10,14H,11-12H2,1-2H3,(H,20,21). The summed E-state index contributed by atoms with van der Waals surface area (Å²) < 4.78 is 0. The lowest BCUT2D eigenvalue weighted by molar-refractivity contribution is 0.0596. The van der Waals surface area contributed by atoms with Gasteiger partial charge in [0.1, 0.15) is 5.82 Å². The van der Waals surface area contributed by atoms with Gasteiger partial charge in [-0.1, -0.05) is 12.1 Å². The van der Waals surface area contributed by atoms with Crippen molar-refractivity contribution in [3.8, 4) is 0 Å². The Morgan fingerprint density at radius 1 is 1.12 bits per heavy atom. The number of rotatable bonds is 3. The largest absolute Gasteiger partial charge is 0.378 e. The van der Waals surface area contributed by atoms with E-state index < -0.39 is 0 Å². The minimum atomic E-state index is 0.0904. The highest BCUT2D eigenvalue weighted by Crippen LogP contribution is 2.28. The highest BCUT2D eigenvalue weighted by Gasteiger charge is 2.34. The molecule has 1 aliphatic heterocycles. The van der Waals surface area contributed by atoms with Crippen LogP contribution in [0.25, 0.3) is 11.0 Å². The van der Waals surface area contributed by atoms with Crippen LogP contribution in [0.3, 0.4) is 0 Å². The van der Waals surface area contributed by atoms with Crippen molar-refractivity contribution in [1.29, 1.82) is 0 Å². The molecular formula is C19H20N4O. The summed E-state index contributed by atoms with van der Waals surface area (Å²) in [7, 11) is 3.98. The number of aromatic nitrogens is 2. The van der Waals surface area contributed by atoms with Crippen LogP contribution in [0.2, 0.25) is 0 Å². The summed E-state index contributed by atoms with van der Waals surface area (Å²) in [5, 5.41) is 0. The first-order chi connectivity index (χ1) is 11.6. The molecule has 0 aliphatic carbocycles. The van der Waals surface area contributed by atoms with E-state index in [0.717, 1.165) is 28.1 Å². The van der Waals surface area contributed by atoms with Gasteiger partial charge in [-0.2, -0.15) is 0 Å². The van der Waals surface area contributed by atoms with Gasteiger partial charge in [-0.25, -0.2) is 4.98 Å². The maximum absolute atomic E-state index is 12.5. The number of H-pyrrole nitrogens is 1. The van der Waals surface area contributed by atoms with Gasteiger partial charge in [0.2, 0.25) is 0 Å². The van der Waals surface area contributed by atoms with Crippen molar-refractivity contribution in [2.75, 3.05) is 32.1 Å². The highest BCUT2D eigenvalue weighted by atomic mass is 16.2. The fourth-order valence-electron chi connectivity index (χ4n) is 3.07. The van der Waals surface area contributed by atoms with Gasteiger partial charge < -0.3 is 14.8 Å². The molecule has 2 heterocycles. The second-order valence-electron chi connectivity index (χ2n) is 6.49. The van der Waals surface area contributed by atoms with Crippen molar-refractivity contribution < 1.29 is 4.79 Å². The second kappa shape index (κ2) is 5.67. The lowest BCUT2D eigenvalue weighted by Gasteiger charge is -2.38. The summed E-state index contributed by atoms with van der Waals surface area (Å²) in [5.41, 5.74) is 3.87. The average Bonchev–Trinajstić information content (AvgIpc) is 2.96. The summed E-state index contributed by atoms with van der Waals surface area (Å²) in [6, 6.07) is 15.8. The number of likely N-dealkylation sites (tertiary alicyclic amines) is 1. The molecule has 1 saturated heterocycles. The van der Waals surface area contributed by atoms with Crippen molar-refractivity contribution in [2.45, 2.75) is 5.92 Å². The van der Waals surface area contributed by atoms with Crippen LogP contribution < -0.4 is 4.90 Å². The number of hydrogen-bond donors (Lipinski definition) is 1. The number of carbonyl (C=O) groups excluding carboxylic acids is 1. The van der Waals surface area contributed by atoms with Crippen molar-refractivity contribution in [2.24, 2.45) is 0 Å². The van der Waals surface area contributed by atoms with E-state index in [1.165, 1.54) is 0 Å². The number of fused-ring (bicyclic) bond motifs is 1. The Hall–Kier alpha value is -2.82. The number of hydrogen-bond acceptors (Lipinski definition) is 3. The van der Waals surface area contributed by atoms with Crippen LogP contribution >= 0.6 is 0 Å². The highest BCUT2D eigenvalue weighted by molar-refractivity contribution is 5.95. The molecule has 24 heavy (non-hydrogen) atoms. The first kappa shape index (κ1) is 14.8. The Morgan fingerprint density at radius 2 is 1.83 bits per heavy atom. The number of amides is 1. The quantitative estimate of drug-likeness (QED) is 0.807. The number of benzene rings is 2. The molecule has 122 valence electrons. The van der Waals surface area contributed by atoms with Gasteiger partial charge in [-0.3, -0.25) is 4.79 Å². The Balaban J connectivity index is 1.43. The predicted molar refractivity (Wildman–Crippen MR) is 95.5 cm³/mol. The number of aromatic amines is 1. The van der Waals surface area contributed by atoms with Gasteiger partial charge in [-0.15, -0.1) is 0 Å². The number of para-hydroxylation sites is 2. The lowest BCUT2D eigenvalue weighted by Crippen LogP contribution is -2.48. The Morgan fingerprint density at radius 3 is 2.50 bits per heavy atom. The summed E-state index contributed by atoms with van der Waals surface area (Å²) in [4.78, 5) is 24.4. The maximum atomic E-state index is 12.5. The molecule has 1 amide bonds. The molecule has 0 saturated carbocycles. The summed E-state index contributed by atoms with van der Waals surface area (Å²) in [6.45, 7) is 1.43. The number of carbonyl (C=O) groups is 1. The molecule has 4 rings (SSSR count). The molecule has 0 bridgehead atoms. The van der Waals surface area contributed by atoms with E-state index in [2.05, 4.69) is 9.97 Å². The van der Waals surface area contributed by atoms with E-state index >= 15 is 0 Å². The Bertz CT molecular complexity index is 843. The monoisotopic (exact) mass is 320 g/mol. The topological polar surface area (TPSA) is 52.2 Å². The van der Waals surface area contributed by atoms with Crippen LogP contribution in [0.15, 0.2) is 48.5 Å². The van der Waals surface area contributed by atoms with Crippen molar-refractivity contribution in [3.05, 3.63) is 59.9 Å². The van der Waals surface area contributed by atoms with E-state index in [1.54, 1.807) is 0 Å². The molecule has 5 nitrogen and oxygen atoms in total. The SMILES string of the molecule is CN(C)c1ccc(C(=O)N2CC(c3nc4ccccc4[nH]3)C2)cc1. The first-order valence-corrected chi connectivity index (χ1v) is 8.13. The molecule has 1 aliphatic rings. The molecule has 0 spiro atoms. The molecule has 0 atom stereocenters. The smallest absolute Gasteiger partial charge is 0.253 e. The number of anilines is 1. The summed E-state index contributed by atoms with van der Waals surface area (Å²) >= 11 is 0. The van der Waals surface area contributed by atoms with Gasteiger partial charge in [-0.05, 0) is 36.4 Å². The number of nitrogens with zero attached hydrogens (tertiary/aromatic N) is 3. The molecular weight excluding hydrogens is 300 g/mol. The third-order valence-electron chi connectivity index (χ3n) is 4.59. The van der Waals surface area contributed by atoms with Crippen molar-refractivity contribution in [3.63, 3.8) is 0 Å². The fraction of sp³-hybridized carbons (Fsp3) is 0.263. The van der Waals surface area contributed by atoms with Gasteiger partial charge >= 0.3 is 0 Å². The zero-order valence-corrected chi connectivity index (χ0v) is 13.9. The Kier molecular flexibility index (Phi) is 3.49. The van der Waals surface area contributed by atoms with Gasteiger partial charge in [0, 0.05) is 38.4 Å². The molecule has 1 N–H and O–H groups in total. The van der Waals surface area contributed by atoms with Crippen molar-refractivity contribution in [1.82, 2.24) is 14.9 Å². The minimum Gasteiger partial charge on any atom is -0.378 e. The van der Waals surface area contributed by atoms with Crippen LogP contribution in [0.5, 0.6) is 0 Å². The van der Waals surface area contributed by atoms with Crippen LogP contribution in [-0.2, 0) is 0 Å². The van der Waals surface area contributed by atoms with E-state index in [-0.39, 0.29) is 5.91 Å². The third-order valence-corrected chi connectivity index (χ3v) is 4.59. The Labute approximate surface area is 140 Å². The fourth-order valence-corrected chi connectivity index (χ4v) is 3.07. The molecule has 3 aromatic rings. The van der Waals surface area contributed by atoms with Crippen LogP contribution in [-0.4, -0.2) is 48.0 Å². The molecule has 0 unspecified atom stereocenters. The van der Waals surface area contributed by atoms with Gasteiger partial charge in [0.05, 0.1) is 17.0 Å². The predicted octanol–water partition coefficient (Wildman–Crippen LogP) is 2.87. The zero-order chi connectivity index (χ0) is 16.7. The molecule has 5 heteroatoms. The number of nitrogens with one attached hydrogen (secondary N) is 1. The van der Waals surface area contributed by atoms with E-state index in [9.17, 15) is 4.79 Å². The molecule has 1 aromatic heterocycles. The second-order valence-corrected chi connectivity index (χ2v) is 6.49. The molecule has 0 radical (unpaired) electrons. The third kappa shape index (κ3) is 2.52. The van der Waals surface area contributed by atoms with Crippen LogP contribution in [0.1, 0.15) is 22.1 Å². The first-order valence-electron chi connectivity index (χ1n) is 8.13. The lowest BCUT2D eigenvalue weighted by atomic mass is 9.98. The van der Waals surface area contributed by atoms with E-state index in [4.69, 9.17) is 0 Å². The average molecular weight is 320 g/mol. The van der Waals surface area contributed by atoms with Gasteiger partial charge in [0.25, 0.3) is 5.91 Å². The normalized spacial score (nSPS) is 14.7. The summed E-state index contributed by atoms with van der Waals surface area (Å²) in [6.07, 6.45) is 0. The molecule has 1 fully saturated rings. The van der Waals surface area contributed by atoms with Crippen LogP contribution in [0.4, 0.5) is 5.69 Å². The van der Waals surface area contributed by atoms with Gasteiger partial charge in [0.15, 0.2) is 0 Å².